The van der Waals surface area contributed by atoms with Gasteiger partial charge < -0.3 is 19.8 Å². The average molecular weight is 409 g/mol. The molecule has 0 fully saturated rings. The fraction of sp³-hybridized carbons (Fsp3) is 0.421. The molecule has 0 saturated carbocycles. The number of nitrogens with zero attached hydrogens (tertiary/aromatic N) is 1. The molecule has 0 saturated heterocycles. The summed E-state index contributed by atoms with van der Waals surface area (Å²) < 4.78 is 37.4. The number of sulfonamides is 1. The Hall–Kier alpha value is -2.36. The molecule has 28 heavy (non-hydrogen) atoms. The van der Waals surface area contributed by atoms with Crippen molar-refractivity contribution >= 4 is 16.0 Å². The summed E-state index contributed by atoms with van der Waals surface area (Å²) in [6, 6.07) is 13.1. The summed E-state index contributed by atoms with van der Waals surface area (Å²) in [6.45, 7) is 2.25. The number of ether oxygens (including phenoxy) is 1. The third kappa shape index (κ3) is 9.03. The zero-order valence-corrected chi connectivity index (χ0v) is 16.9. The third-order valence-electron chi connectivity index (χ3n) is 3.81. The molecule has 2 aromatic rings. The van der Waals surface area contributed by atoms with Crippen LogP contribution < -0.4 is 15.4 Å². The molecule has 0 spiro atoms. The number of hydrogen-bond acceptors (Lipinski definition) is 5. The minimum Gasteiger partial charge on any atom is -0.467 e. The second-order valence-electron chi connectivity index (χ2n) is 6.04. The monoisotopic (exact) mass is 408 g/mol. The van der Waals surface area contributed by atoms with E-state index in [0.717, 1.165) is 17.7 Å². The Bertz CT molecular complexity index is 793. The molecule has 0 bridgehead atoms. The van der Waals surface area contributed by atoms with Crippen molar-refractivity contribution < 1.29 is 17.6 Å². The maximum Gasteiger partial charge on any atom is 0.213 e. The molecular weight excluding hydrogens is 380 g/mol. The Labute approximate surface area is 166 Å². The fourth-order valence-electron chi connectivity index (χ4n) is 2.33. The quantitative estimate of drug-likeness (QED) is 0.279. The third-order valence-corrected chi connectivity index (χ3v) is 5.13. The second kappa shape index (κ2) is 12.2. The molecule has 0 aliphatic carbocycles. The Balaban J connectivity index is 1.55. The molecule has 9 heteroatoms. The van der Waals surface area contributed by atoms with Crippen LogP contribution in [0.3, 0.4) is 0 Å². The summed E-state index contributed by atoms with van der Waals surface area (Å²) in [5.41, 5.74) is 0.922. The van der Waals surface area contributed by atoms with Crippen molar-refractivity contribution in [1.29, 1.82) is 0 Å². The molecule has 0 atom stereocenters. The van der Waals surface area contributed by atoms with Crippen LogP contribution in [0, 0.1) is 0 Å². The van der Waals surface area contributed by atoms with Crippen molar-refractivity contribution in [2.45, 2.75) is 19.6 Å². The van der Waals surface area contributed by atoms with E-state index in [1.54, 1.807) is 13.3 Å². The maximum absolute atomic E-state index is 12.1. The van der Waals surface area contributed by atoms with Gasteiger partial charge in [0.1, 0.15) is 12.4 Å². The zero-order valence-electron chi connectivity index (χ0n) is 16.1. The molecule has 0 amide bonds. The van der Waals surface area contributed by atoms with Crippen LogP contribution in [0.25, 0.3) is 0 Å². The molecule has 1 heterocycles. The van der Waals surface area contributed by atoms with E-state index in [2.05, 4.69) is 20.3 Å². The first kappa shape index (κ1) is 21.9. The summed E-state index contributed by atoms with van der Waals surface area (Å²) >= 11 is 0. The molecule has 0 radical (unpaired) electrons. The lowest BCUT2D eigenvalue weighted by molar-refractivity contribution is 0.105. The van der Waals surface area contributed by atoms with Crippen molar-refractivity contribution in [3.05, 3.63) is 60.1 Å². The smallest absolute Gasteiger partial charge is 0.213 e. The topological polar surface area (TPSA) is 105 Å². The van der Waals surface area contributed by atoms with Gasteiger partial charge in [-0.05, 0) is 24.1 Å². The molecule has 2 rings (SSSR count). The first-order chi connectivity index (χ1) is 13.6. The zero-order chi connectivity index (χ0) is 20.1. The molecule has 0 aliphatic heterocycles. The highest BCUT2D eigenvalue weighted by Gasteiger charge is 2.10. The number of benzene rings is 1. The standard InChI is InChI=1S/C19H28N4O4S/c1-20-19(21-10-6-12-26-16-18-9-5-13-27-18)22-11-14-28(24,25)23-15-17-7-3-2-4-8-17/h2-5,7-9,13,23H,6,10-12,14-16H2,1H3,(H2,20,21,22). The van der Waals surface area contributed by atoms with Crippen LogP contribution in [0.15, 0.2) is 58.1 Å². The lowest BCUT2D eigenvalue weighted by Gasteiger charge is -2.12. The van der Waals surface area contributed by atoms with E-state index in [1.807, 2.05) is 42.5 Å². The van der Waals surface area contributed by atoms with Gasteiger partial charge in [0, 0.05) is 33.3 Å². The molecule has 1 aromatic heterocycles. The molecular formula is C19H28N4O4S. The lowest BCUT2D eigenvalue weighted by Crippen LogP contribution is -2.41. The van der Waals surface area contributed by atoms with E-state index in [9.17, 15) is 8.42 Å². The van der Waals surface area contributed by atoms with Crippen LogP contribution in [0.1, 0.15) is 17.7 Å². The van der Waals surface area contributed by atoms with E-state index in [4.69, 9.17) is 9.15 Å². The van der Waals surface area contributed by atoms with Gasteiger partial charge in [0.2, 0.25) is 10.0 Å². The van der Waals surface area contributed by atoms with Crippen molar-refractivity contribution in [1.82, 2.24) is 15.4 Å². The van der Waals surface area contributed by atoms with E-state index < -0.39 is 10.0 Å². The predicted octanol–water partition coefficient (Wildman–Crippen LogP) is 1.47. The summed E-state index contributed by atoms with van der Waals surface area (Å²) in [7, 11) is -1.72. The first-order valence-corrected chi connectivity index (χ1v) is 10.8. The van der Waals surface area contributed by atoms with Crippen molar-refractivity contribution in [3.63, 3.8) is 0 Å². The Kier molecular flexibility index (Phi) is 9.53. The molecule has 0 aliphatic rings. The van der Waals surface area contributed by atoms with Gasteiger partial charge in [0.25, 0.3) is 0 Å². The van der Waals surface area contributed by atoms with Crippen LogP contribution in [0.5, 0.6) is 0 Å². The minimum absolute atomic E-state index is 0.0349. The molecule has 0 unspecified atom stereocenters. The van der Waals surface area contributed by atoms with Gasteiger partial charge >= 0.3 is 0 Å². The number of hydrogen-bond donors (Lipinski definition) is 3. The van der Waals surface area contributed by atoms with Crippen LogP contribution in [-0.4, -0.2) is 46.9 Å². The maximum atomic E-state index is 12.1. The van der Waals surface area contributed by atoms with Gasteiger partial charge in [0.15, 0.2) is 5.96 Å². The molecule has 1 aromatic carbocycles. The SMILES string of the molecule is CN=C(NCCCOCc1ccco1)NCCS(=O)(=O)NCc1ccccc1. The molecule has 154 valence electrons. The van der Waals surface area contributed by atoms with Gasteiger partial charge in [0.05, 0.1) is 12.0 Å². The summed E-state index contributed by atoms with van der Waals surface area (Å²) in [4.78, 5) is 4.08. The largest absolute Gasteiger partial charge is 0.467 e. The lowest BCUT2D eigenvalue weighted by atomic mass is 10.2. The number of nitrogens with one attached hydrogen (secondary N) is 3. The Morgan fingerprint density at radius 1 is 1.11 bits per heavy atom. The van der Waals surface area contributed by atoms with Gasteiger partial charge in [-0.15, -0.1) is 0 Å². The van der Waals surface area contributed by atoms with Crippen LogP contribution in [-0.2, 0) is 27.9 Å². The van der Waals surface area contributed by atoms with Crippen molar-refractivity contribution in [3.8, 4) is 0 Å². The highest BCUT2D eigenvalue weighted by molar-refractivity contribution is 7.89. The normalized spacial score (nSPS) is 12.1. The Morgan fingerprint density at radius 2 is 1.89 bits per heavy atom. The number of furan rings is 1. The van der Waals surface area contributed by atoms with Gasteiger partial charge in [-0.2, -0.15) is 0 Å². The van der Waals surface area contributed by atoms with E-state index >= 15 is 0 Å². The van der Waals surface area contributed by atoms with E-state index in [-0.39, 0.29) is 18.8 Å². The predicted molar refractivity (Wildman–Crippen MR) is 109 cm³/mol. The van der Waals surface area contributed by atoms with Gasteiger partial charge in [-0.25, -0.2) is 13.1 Å². The summed E-state index contributed by atoms with van der Waals surface area (Å²) in [6.07, 6.45) is 2.41. The second-order valence-corrected chi connectivity index (χ2v) is 7.96. The highest BCUT2D eigenvalue weighted by atomic mass is 32.2. The minimum atomic E-state index is -3.36. The van der Waals surface area contributed by atoms with Crippen LogP contribution in [0.4, 0.5) is 0 Å². The average Bonchev–Trinajstić information content (AvgIpc) is 3.22. The summed E-state index contributed by atoms with van der Waals surface area (Å²) in [5.74, 6) is 1.32. The number of rotatable bonds is 12. The fourth-order valence-corrected chi connectivity index (χ4v) is 3.24. The number of guanidine groups is 1. The molecule has 3 N–H and O–H groups in total. The van der Waals surface area contributed by atoms with Crippen LogP contribution >= 0.6 is 0 Å². The van der Waals surface area contributed by atoms with Crippen molar-refractivity contribution in [2.24, 2.45) is 4.99 Å². The van der Waals surface area contributed by atoms with E-state index in [1.165, 1.54) is 0 Å². The Morgan fingerprint density at radius 3 is 2.61 bits per heavy atom. The number of aliphatic imine (C=N–C) groups is 1. The summed E-state index contributed by atoms with van der Waals surface area (Å²) in [5, 5.41) is 6.13. The highest BCUT2D eigenvalue weighted by Crippen LogP contribution is 2.01. The molecule has 8 nitrogen and oxygen atoms in total. The van der Waals surface area contributed by atoms with Gasteiger partial charge in [-0.3, -0.25) is 4.99 Å². The first-order valence-electron chi connectivity index (χ1n) is 9.15. The van der Waals surface area contributed by atoms with Crippen molar-refractivity contribution in [2.75, 3.05) is 32.5 Å². The van der Waals surface area contributed by atoms with Gasteiger partial charge in [-0.1, -0.05) is 30.3 Å². The van der Waals surface area contributed by atoms with Crippen LogP contribution in [0.2, 0.25) is 0 Å². The van der Waals surface area contributed by atoms with E-state index in [0.29, 0.717) is 25.7 Å².